The third-order valence-electron chi connectivity index (χ3n) is 3.98. The van der Waals surface area contributed by atoms with E-state index in [0.717, 1.165) is 31.4 Å². The number of amides is 2. The number of nitrogens with one attached hydrogen (secondary N) is 2. The lowest BCUT2D eigenvalue weighted by molar-refractivity contribution is -0.116. The third-order valence-corrected chi connectivity index (χ3v) is 4.77. The fourth-order valence-electron chi connectivity index (χ4n) is 2.79. The van der Waals surface area contributed by atoms with E-state index in [0.29, 0.717) is 23.6 Å². The van der Waals surface area contributed by atoms with Crippen LogP contribution in [0.25, 0.3) is 0 Å². The number of thioether (sulfide) groups is 1. The number of hydrogen-bond donors (Lipinski definition) is 2. The van der Waals surface area contributed by atoms with Gasteiger partial charge >= 0.3 is 0 Å². The van der Waals surface area contributed by atoms with Gasteiger partial charge in [-0.3, -0.25) is 9.59 Å². The van der Waals surface area contributed by atoms with Gasteiger partial charge in [0.15, 0.2) is 5.76 Å². The minimum absolute atomic E-state index is 0.138. The van der Waals surface area contributed by atoms with Gasteiger partial charge < -0.3 is 15.4 Å². The summed E-state index contributed by atoms with van der Waals surface area (Å²) in [4.78, 5) is 24.7. The van der Waals surface area contributed by atoms with Crippen molar-refractivity contribution >= 4 is 29.3 Å². The first-order chi connectivity index (χ1) is 11.2. The van der Waals surface area contributed by atoms with E-state index in [1.54, 1.807) is 41.4 Å². The zero-order valence-corrected chi connectivity index (χ0v) is 13.7. The van der Waals surface area contributed by atoms with Crippen molar-refractivity contribution in [3.63, 3.8) is 0 Å². The average Bonchev–Trinajstić information content (AvgIpc) is 3.09. The Labute approximate surface area is 139 Å². The first kappa shape index (κ1) is 15.9. The van der Waals surface area contributed by atoms with Gasteiger partial charge in [-0.15, -0.1) is 11.8 Å². The topological polar surface area (TPSA) is 67.4 Å². The molecule has 1 aromatic carbocycles. The van der Waals surface area contributed by atoms with Crippen molar-refractivity contribution in [2.75, 3.05) is 17.7 Å². The van der Waals surface area contributed by atoms with Gasteiger partial charge in [0.25, 0.3) is 11.8 Å². The first-order valence-electron chi connectivity index (χ1n) is 7.90. The quantitative estimate of drug-likeness (QED) is 0.890. The molecule has 0 aromatic heterocycles. The molecule has 1 aliphatic carbocycles. The van der Waals surface area contributed by atoms with Gasteiger partial charge in [-0.2, -0.15) is 0 Å². The number of para-hydroxylation sites is 1. The molecule has 5 nitrogen and oxygen atoms in total. The van der Waals surface area contributed by atoms with Crippen LogP contribution in [0.2, 0.25) is 0 Å². The smallest absolute Gasteiger partial charge is 0.291 e. The molecule has 0 radical (unpaired) electrons. The number of carbonyl (C=O) groups excluding carboxylic acids is 2. The monoisotopic (exact) mass is 332 g/mol. The summed E-state index contributed by atoms with van der Waals surface area (Å²) in [5.74, 6) is 0.684. The Morgan fingerprint density at radius 3 is 2.65 bits per heavy atom. The van der Waals surface area contributed by atoms with E-state index < -0.39 is 0 Å². The molecule has 1 fully saturated rings. The lowest BCUT2D eigenvalue weighted by atomic mass is 10.1. The Morgan fingerprint density at radius 1 is 1.13 bits per heavy atom. The normalized spacial score (nSPS) is 18.0. The summed E-state index contributed by atoms with van der Waals surface area (Å²) in [6.45, 7) is 0.522. The van der Waals surface area contributed by atoms with E-state index in [4.69, 9.17) is 4.74 Å². The largest absolute Gasteiger partial charge is 0.487 e. The number of benzene rings is 1. The Morgan fingerprint density at radius 2 is 1.91 bits per heavy atom. The van der Waals surface area contributed by atoms with Crippen LogP contribution in [0, 0.1) is 0 Å². The zero-order valence-electron chi connectivity index (χ0n) is 12.8. The number of rotatable bonds is 4. The van der Waals surface area contributed by atoms with Crippen LogP contribution >= 0.6 is 11.8 Å². The number of ether oxygens (including phenoxy) is 1. The van der Waals surface area contributed by atoms with Crippen molar-refractivity contribution < 1.29 is 14.3 Å². The van der Waals surface area contributed by atoms with Crippen LogP contribution in [0.3, 0.4) is 0 Å². The predicted molar refractivity (Wildman–Crippen MR) is 91.3 cm³/mol. The molecule has 0 atom stereocenters. The summed E-state index contributed by atoms with van der Waals surface area (Å²) in [5, 5.41) is 7.54. The van der Waals surface area contributed by atoms with E-state index in [-0.39, 0.29) is 17.9 Å². The second-order valence-corrected chi connectivity index (χ2v) is 6.63. The molecule has 1 heterocycles. The summed E-state index contributed by atoms with van der Waals surface area (Å²) < 4.78 is 5.35. The van der Waals surface area contributed by atoms with Crippen molar-refractivity contribution in [2.24, 2.45) is 0 Å². The van der Waals surface area contributed by atoms with E-state index >= 15 is 0 Å². The zero-order chi connectivity index (χ0) is 16.1. The maximum Gasteiger partial charge on any atom is 0.291 e. The molecule has 2 aliphatic rings. The van der Waals surface area contributed by atoms with Gasteiger partial charge in [-0.05, 0) is 25.0 Å². The summed E-state index contributed by atoms with van der Waals surface area (Å²) in [6.07, 6.45) is 4.37. The molecule has 122 valence electrons. The molecule has 1 aliphatic heterocycles. The molecule has 2 N–H and O–H groups in total. The number of hydrogen-bond acceptors (Lipinski definition) is 4. The molecule has 2 amide bonds. The Hall–Kier alpha value is -1.95. The highest BCUT2D eigenvalue weighted by molar-refractivity contribution is 8.02. The average molecular weight is 332 g/mol. The first-order valence-corrected chi connectivity index (χ1v) is 8.95. The van der Waals surface area contributed by atoms with Gasteiger partial charge in [0, 0.05) is 17.2 Å². The van der Waals surface area contributed by atoms with Gasteiger partial charge in [0.05, 0.1) is 17.9 Å². The fourth-order valence-corrected chi connectivity index (χ4v) is 3.42. The van der Waals surface area contributed by atoms with Crippen LogP contribution in [0.1, 0.15) is 36.0 Å². The van der Waals surface area contributed by atoms with E-state index in [1.807, 2.05) is 0 Å². The predicted octanol–water partition coefficient (Wildman–Crippen LogP) is 2.90. The highest BCUT2D eigenvalue weighted by Gasteiger charge is 2.21. The molecule has 0 spiro atoms. The lowest BCUT2D eigenvalue weighted by Crippen LogP contribution is -2.33. The van der Waals surface area contributed by atoms with Crippen LogP contribution in [0.15, 0.2) is 35.4 Å². The van der Waals surface area contributed by atoms with Crippen molar-refractivity contribution in [3.8, 4) is 0 Å². The molecule has 3 rings (SSSR count). The third kappa shape index (κ3) is 4.07. The summed E-state index contributed by atoms with van der Waals surface area (Å²) >= 11 is 1.55. The van der Waals surface area contributed by atoms with Crippen molar-refractivity contribution in [1.82, 2.24) is 5.32 Å². The molecule has 0 saturated heterocycles. The number of anilines is 1. The molecule has 1 aromatic rings. The van der Waals surface area contributed by atoms with Crippen LogP contribution in [0.4, 0.5) is 5.69 Å². The van der Waals surface area contributed by atoms with E-state index in [2.05, 4.69) is 10.6 Å². The number of carbonyl (C=O) groups is 2. The second-order valence-electron chi connectivity index (χ2n) is 5.66. The van der Waals surface area contributed by atoms with Crippen molar-refractivity contribution in [1.29, 1.82) is 0 Å². The summed E-state index contributed by atoms with van der Waals surface area (Å²) in [6, 6.07) is 7.30. The Balaban J connectivity index is 1.70. The van der Waals surface area contributed by atoms with Crippen LogP contribution in [-0.2, 0) is 9.53 Å². The highest BCUT2D eigenvalue weighted by Crippen LogP contribution is 2.22. The van der Waals surface area contributed by atoms with Crippen molar-refractivity contribution in [2.45, 2.75) is 31.7 Å². The second kappa shape index (κ2) is 7.55. The summed E-state index contributed by atoms with van der Waals surface area (Å²) in [7, 11) is 0. The summed E-state index contributed by atoms with van der Waals surface area (Å²) in [5.41, 5.74) is 0.991. The molecule has 1 saturated carbocycles. The molecular formula is C17H20N2O3S. The standard InChI is InChI=1S/C17H20N2O3S/c20-16(18-12-5-1-2-6-12)13-7-3-4-8-14(13)19-17(21)15-11-23-10-9-22-15/h3-4,7-8,11-12H,1-2,5-6,9-10H2,(H,18,20)(H,19,21). The lowest BCUT2D eigenvalue weighted by Gasteiger charge is -2.17. The molecule has 0 unspecified atom stereocenters. The van der Waals surface area contributed by atoms with Gasteiger partial charge in [0.1, 0.15) is 0 Å². The molecule has 6 heteroatoms. The molecular weight excluding hydrogens is 312 g/mol. The minimum atomic E-state index is -0.321. The Bertz CT molecular complexity index is 624. The van der Waals surface area contributed by atoms with Crippen LogP contribution in [-0.4, -0.2) is 30.2 Å². The maximum atomic E-state index is 12.5. The molecule has 23 heavy (non-hydrogen) atoms. The van der Waals surface area contributed by atoms with Gasteiger partial charge in [-0.1, -0.05) is 25.0 Å². The SMILES string of the molecule is O=C(Nc1ccccc1C(=O)NC1CCCC1)C1=CSCCO1. The maximum absolute atomic E-state index is 12.5. The van der Waals surface area contributed by atoms with E-state index in [1.165, 1.54) is 0 Å². The van der Waals surface area contributed by atoms with Gasteiger partial charge in [-0.25, -0.2) is 0 Å². The van der Waals surface area contributed by atoms with Crippen molar-refractivity contribution in [3.05, 3.63) is 41.0 Å². The minimum Gasteiger partial charge on any atom is -0.487 e. The van der Waals surface area contributed by atoms with Gasteiger partial charge in [0.2, 0.25) is 0 Å². The fraction of sp³-hybridized carbons (Fsp3) is 0.412. The highest BCUT2D eigenvalue weighted by atomic mass is 32.2. The van der Waals surface area contributed by atoms with Crippen LogP contribution in [0.5, 0.6) is 0 Å². The Kier molecular flexibility index (Phi) is 5.23. The van der Waals surface area contributed by atoms with Crippen LogP contribution < -0.4 is 10.6 Å². The van der Waals surface area contributed by atoms with E-state index in [9.17, 15) is 9.59 Å². The molecule has 0 bridgehead atoms.